The Morgan fingerprint density at radius 1 is 1.37 bits per heavy atom. The topological polar surface area (TPSA) is 65.0 Å². The lowest BCUT2D eigenvalue weighted by Gasteiger charge is -2.17. The van der Waals surface area contributed by atoms with Crippen LogP contribution in [-0.4, -0.2) is 31.9 Å². The summed E-state index contributed by atoms with van der Waals surface area (Å²) in [6, 6.07) is 3.39. The van der Waals surface area contributed by atoms with Crippen molar-refractivity contribution in [3.8, 4) is 11.5 Å². The van der Waals surface area contributed by atoms with Crippen LogP contribution >= 0.6 is 0 Å². The monoisotopic (exact) mass is 266 g/mol. The smallest absolute Gasteiger partial charge is 0.339 e. The van der Waals surface area contributed by atoms with Crippen LogP contribution in [0.15, 0.2) is 12.1 Å². The summed E-state index contributed by atoms with van der Waals surface area (Å²) >= 11 is 0. The van der Waals surface area contributed by atoms with Gasteiger partial charge in [0.05, 0.1) is 19.8 Å². The molecule has 0 bridgehead atoms. The maximum absolute atomic E-state index is 11.9. The number of aliphatic hydroxyl groups excluding tert-OH is 1. The molecule has 2 unspecified atom stereocenters. The molecule has 5 nitrogen and oxygen atoms in total. The third kappa shape index (κ3) is 2.51. The van der Waals surface area contributed by atoms with E-state index < -0.39 is 0 Å². The van der Waals surface area contributed by atoms with Crippen molar-refractivity contribution in [2.24, 2.45) is 5.92 Å². The molecule has 1 aromatic rings. The van der Waals surface area contributed by atoms with Crippen LogP contribution in [0.5, 0.6) is 11.5 Å². The zero-order valence-electron chi connectivity index (χ0n) is 11.3. The van der Waals surface area contributed by atoms with Crippen LogP contribution in [0.4, 0.5) is 0 Å². The first kappa shape index (κ1) is 13.7. The van der Waals surface area contributed by atoms with Crippen molar-refractivity contribution in [3.05, 3.63) is 23.3 Å². The van der Waals surface area contributed by atoms with Gasteiger partial charge in [0, 0.05) is 18.2 Å². The van der Waals surface area contributed by atoms with Gasteiger partial charge in [-0.15, -0.1) is 0 Å². The maximum atomic E-state index is 11.9. The van der Waals surface area contributed by atoms with Crippen LogP contribution in [-0.2, 0) is 4.74 Å². The summed E-state index contributed by atoms with van der Waals surface area (Å²) in [7, 11) is 3.08. The second-order valence-corrected chi connectivity index (χ2v) is 4.71. The molecule has 0 spiro atoms. The predicted molar refractivity (Wildman–Crippen MR) is 68.6 cm³/mol. The molecule has 1 aromatic carbocycles. The lowest BCUT2D eigenvalue weighted by Crippen LogP contribution is -2.09. The molecule has 1 aliphatic rings. The summed E-state index contributed by atoms with van der Waals surface area (Å²) in [5.74, 6) is 0.816. The molecule has 5 heteroatoms. The third-order valence-corrected chi connectivity index (χ3v) is 3.29. The first-order valence-corrected chi connectivity index (χ1v) is 6.18. The van der Waals surface area contributed by atoms with E-state index in [1.165, 1.54) is 7.11 Å². The Balaban J connectivity index is 2.41. The number of benzene rings is 1. The number of ether oxygens (including phenoxy) is 3. The standard InChI is InChI=1S/C14H18O5/c1-8(7-15)4-12-13-10(14(16)19-12)5-9(17-2)6-11(13)18-3/h5-6,8,12,15H,4,7H2,1-3H3. The summed E-state index contributed by atoms with van der Waals surface area (Å²) in [5, 5.41) is 9.13. The highest BCUT2D eigenvalue weighted by atomic mass is 16.6. The third-order valence-electron chi connectivity index (χ3n) is 3.29. The number of methoxy groups -OCH3 is 2. The molecule has 2 atom stereocenters. The summed E-state index contributed by atoms with van der Waals surface area (Å²) in [4.78, 5) is 11.9. The van der Waals surface area contributed by atoms with Gasteiger partial charge in [-0.3, -0.25) is 0 Å². The minimum absolute atomic E-state index is 0.0514. The molecule has 1 heterocycles. The first-order valence-electron chi connectivity index (χ1n) is 6.18. The molecule has 0 aromatic heterocycles. The summed E-state index contributed by atoms with van der Waals surface area (Å²) in [6.45, 7) is 1.96. The minimum Gasteiger partial charge on any atom is -0.497 e. The highest BCUT2D eigenvalue weighted by molar-refractivity contribution is 5.95. The molecule has 1 aliphatic heterocycles. The van der Waals surface area contributed by atoms with Crippen molar-refractivity contribution < 1.29 is 24.1 Å². The number of hydrogen-bond donors (Lipinski definition) is 1. The maximum Gasteiger partial charge on any atom is 0.339 e. The van der Waals surface area contributed by atoms with Crippen LogP contribution < -0.4 is 9.47 Å². The van der Waals surface area contributed by atoms with Gasteiger partial charge in [0.15, 0.2) is 0 Å². The number of hydrogen-bond acceptors (Lipinski definition) is 5. The first-order chi connectivity index (χ1) is 9.10. The Labute approximate surface area is 112 Å². The molecule has 19 heavy (non-hydrogen) atoms. The molecule has 0 amide bonds. The largest absolute Gasteiger partial charge is 0.497 e. The molecule has 0 fully saturated rings. The van der Waals surface area contributed by atoms with Crippen LogP contribution in [0.25, 0.3) is 0 Å². The van der Waals surface area contributed by atoms with E-state index in [1.54, 1.807) is 19.2 Å². The van der Waals surface area contributed by atoms with Gasteiger partial charge in [-0.25, -0.2) is 4.79 Å². The van der Waals surface area contributed by atoms with Gasteiger partial charge >= 0.3 is 5.97 Å². The van der Waals surface area contributed by atoms with E-state index in [4.69, 9.17) is 19.3 Å². The average molecular weight is 266 g/mol. The summed E-state index contributed by atoms with van der Waals surface area (Å²) in [5.41, 5.74) is 1.22. The fraction of sp³-hybridized carbons (Fsp3) is 0.500. The Morgan fingerprint density at radius 2 is 2.11 bits per heavy atom. The summed E-state index contributed by atoms with van der Waals surface area (Å²) in [6.07, 6.45) is 0.197. The van der Waals surface area contributed by atoms with E-state index in [1.807, 2.05) is 6.92 Å². The minimum atomic E-state index is -0.373. The fourth-order valence-electron chi connectivity index (χ4n) is 2.25. The van der Waals surface area contributed by atoms with Gasteiger partial charge in [-0.2, -0.15) is 0 Å². The normalized spacial score (nSPS) is 18.7. The van der Waals surface area contributed by atoms with Gasteiger partial charge in [-0.05, 0) is 18.4 Å². The number of carbonyl (C=O) groups is 1. The number of fused-ring (bicyclic) bond motifs is 1. The van der Waals surface area contributed by atoms with E-state index in [0.29, 0.717) is 23.5 Å². The Bertz CT molecular complexity index is 483. The summed E-state index contributed by atoms with van der Waals surface area (Å²) < 4.78 is 15.8. The van der Waals surface area contributed by atoms with Crippen molar-refractivity contribution in [1.82, 2.24) is 0 Å². The molecule has 0 saturated carbocycles. The van der Waals surface area contributed by atoms with Crippen molar-refractivity contribution in [3.63, 3.8) is 0 Å². The van der Waals surface area contributed by atoms with Gasteiger partial charge in [0.1, 0.15) is 17.6 Å². The molecule has 0 radical (unpaired) electrons. The highest BCUT2D eigenvalue weighted by Crippen LogP contribution is 2.43. The Hall–Kier alpha value is -1.75. The van der Waals surface area contributed by atoms with E-state index >= 15 is 0 Å². The molecule has 104 valence electrons. The molecule has 1 N–H and O–H groups in total. The predicted octanol–water partition coefficient (Wildman–Crippen LogP) is 1.93. The quantitative estimate of drug-likeness (QED) is 0.825. The Morgan fingerprint density at radius 3 is 2.68 bits per heavy atom. The van der Waals surface area contributed by atoms with Gasteiger partial charge < -0.3 is 19.3 Å². The van der Waals surface area contributed by atoms with E-state index in [0.717, 1.165) is 5.56 Å². The van der Waals surface area contributed by atoms with Crippen LogP contribution in [0, 0.1) is 5.92 Å². The lowest BCUT2D eigenvalue weighted by molar-refractivity contribution is 0.0310. The Kier molecular flexibility index (Phi) is 3.95. The van der Waals surface area contributed by atoms with Crippen molar-refractivity contribution in [1.29, 1.82) is 0 Å². The average Bonchev–Trinajstić information content (AvgIpc) is 2.74. The van der Waals surface area contributed by atoms with Crippen molar-refractivity contribution in [2.75, 3.05) is 20.8 Å². The number of cyclic esters (lactones) is 1. The molecular weight excluding hydrogens is 248 g/mol. The van der Waals surface area contributed by atoms with Crippen LogP contribution in [0.2, 0.25) is 0 Å². The molecular formula is C14H18O5. The molecule has 0 saturated heterocycles. The van der Waals surface area contributed by atoms with Crippen LogP contribution in [0.1, 0.15) is 35.4 Å². The fourth-order valence-corrected chi connectivity index (χ4v) is 2.25. The lowest BCUT2D eigenvalue weighted by atomic mass is 9.96. The van der Waals surface area contributed by atoms with Gasteiger partial charge in [0.2, 0.25) is 0 Å². The second-order valence-electron chi connectivity index (χ2n) is 4.71. The number of aliphatic hydroxyl groups is 1. The molecule has 0 aliphatic carbocycles. The van der Waals surface area contributed by atoms with E-state index in [-0.39, 0.29) is 24.6 Å². The zero-order valence-corrected chi connectivity index (χ0v) is 11.3. The number of rotatable bonds is 5. The highest BCUT2D eigenvalue weighted by Gasteiger charge is 2.35. The second kappa shape index (κ2) is 5.48. The zero-order chi connectivity index (χ0) is 14.0. The van der Waals surface area contributed by atoms with E-state index in [9.17, 15) is 4.79 Å². The van der Waals surface area contributed by atoms with Gasteiger partial charge in [-0.1, -0.05) is 6.92 Å². The molecule has 2 rings (SSSR count). The van der Waals surface area contributed by atoms with Crippen LogP contribution in [0.3, 0.4) is 0 Å². The van der Waals surface area contributed by atoms with E-state index in [2.05, 4.69) is 0 Å². The SMILES string of the molecule is COc1cc(OC)c2c(c1)C(=O)OC2CC(C)CO. The number of esters is 1. The number of carbonyl (C=O) groups excluding carboxylic acids is 1. The van der Waals surface area contributed by atoms with Crippen molar-refractivity contribution in [2.45, 2.75) is 19.4 Å². The van der Waals surface area contributed by atoms with Crippen molar-refractivity contribution >= 4 is 5.97 Å². The van der Waals surface area contributed by atoms with Gasteiger partial charge in [0.25, 0.3) is 0 Å².